The quantitative estimate of drug-likeness (QED) is 0.364. The van der Waals surface area contributed by atoms with Crippen molar-refractivity contribution in [3.05, 3.63) is 76.7 Å². The lowest BCUT2D eigenvalue weighted by Gasteiger charge is -2.12. The molecule has 140 valence electrons. The number of carbonyl (C=O) groups is 1. The zero-order chi connectivity index (χ0) is 19.5. The van der Waals surface area contributed by atoms with Gasteiger partial charge < -0.3 is 8.38 Å². The molecule has 4 aromatic rings. The molecule has 4 rings (SSSR count). The molecule has 3 heterocycles. The number of benzene rings is 1. The Hall–Kier alpha value is -2.53. The zero-order valence-corrected chi connectivity index (χ0v) is 18.1. The number of halogens is 2. The standard InChI is InChI=1S/C19H13BrIN5O2/c20-15-11-24-26-17(23-10-12-4-3-7-22-9-12)8-16(25-18(15)26)13-5-1-2-6-14(13)19(27)28-21/h1-9,11,23H,10H2. The Labute approximate surface area is 183 Å². The van der Waals surface area contributed by atoms with Gasteiger partial charge in [-0.1, -0.05) is 24.3 Å². The molecule has 0 amide bonds. The average molecular weight is 550 g/mol. The number of carbonyl (C=O) groups excluding carboxylic acids is 1. The van der Waals surface area contributed by atoms with Crippen LogP contribution in [0.25, 0.3) is 16.9 Å². The lowest BCUT2D eigenvalue weighted by atomic mass is 10.0. The summed E-state index contributed by atoms with van der Waals surface area (Å²) in [5, 5.41) is 7.75. The summed E-state index contributed by atoms with van der Waals surface area (Å²) in [5.74, 6) is 0.322. The van der Waals surface area contributed by atoms with Crippen molar-refractivity contribution in [2.45, 2.75) is 6.54 Å². The minimum absolute atomic E-state index is 0.421. The Morgan fingerprint density at radius 3 is 2.86 bits per heavy atom. The summed E-state index contributed by atoms with van der Waals surface area (Å²) in [7, 11) is 0. The molecular weight excluding hydrogens is 537 g/mol. The van der Waals surface area contributed by atoms with Gasteiger partial charge in [-0.15, -0.1) is 0 Å². The maximum Gasteiger partial charge on any atom is 0.348 e. The Bertz CT molecular complexity index is 1150. The molecule has 0 radical (unpaired) electrons. The van der Waals surface area contributed by atoms with Gasteiger partial charge in [0.15, 0.2) is 28.7 Å². The highest BCUT2D eigenvalue weighted by Crippen LogP contribution is 2.29. The number of hydrogen-bond acceptors (Lipinski definition) is 6. The number of aromatic nitrogens is 4. The lowest BCUT2D eigenvalue weighted by molar-refractivity contribution is 0.0801. The van der Waals surface area contributed by atoms with Crippen molar-refractivity contribution in [3.8, 4) is 11.3 Å². The molecular formula is C19H13BrIN5O2. The van der Waals surface area contributed by atoms with Gasteiger partial charge in [-0.25, -0.2) is 9.78 Å². The summed E-state index contributed by atoms with van der Waals surface area (Å²) < 4.78 is 7.35. The second-order valence-electron chi connectivity index (χ2n) is 5.88. The topological polar surface area (TPSA) is 81.4 Å². The van der Waals surface area contributed by atoms with E-state index in [4.69, 9.17) is 3.07 Å². The maximum absolute atomic E-state index is 12.2. The summed E-state index contributed by atoms with van der Waals surface area (Å²) in [5.41, 5.74) is 3.45. The molecule has 1 aromatic carbocycles. The molecule has 0 saturated carbocycles. The van der Waals surface area contributed by atoms with Crippen molar-refractivity contribution in [2.75, 3.05) is 5.32 Å². The van der Waals surface area contributed by atoms with Gasteiger partial charge in [0.1, 0.15) is 5.82 Å². The molecule has 1 N–H and O–H groups in total. The molecule has 0 fully saturated rings. The highest BCUT2D eigenvalue weighted by Gasteiger charge is 2.17. The van der Waals surface area contributed by atoms with Crippen LogP contribution in [0.5, 0.6) is 0 Å². The van der Waals surface area contributed by atoms with E-state index in [-0.39, 0.29) is 0 Å². The van der Waals surface area contributed by atoms with Gasteiger partial charge in [0.2, 0.25) is 0 Å². The Balaban J connectivity index is 1.80. The van der Waals surface area contributed by atoms with Gasteiger partial charge >= 0.3 is 5.97 Å². The van der Waals surface area contributed by atoms with Crippen molar-refractivity contribution >= 4 is 56.4 Å². The predicted octanol–water partition coefficient (Wildman–Crippen LogP) is 4.67. The number of fused-ring (bicyclic) bond motifs is 1. The molecule has 3 aromatic heterocycles. The molecule has 0 aliphatic heterocycles. The van der Waals surface area contributed by atoms with Crippen molar-refractivity contribution < 1.29 is 7.86 Å². The molecule has 0 saturated heterocycles. The van der Waals surface area contributed by atoms with Crippen molar-refractivity contribution in [1.82, 2.24) is 19.6 Å². The third-order valence-electron chi connectivity index (χ3n) is 4.12. The van der Waals surface area contributed by atoms with Gasteiger partial charge in [0.05, 0.1) is 21.9 Å². The van der Waals surface area contributed by atoms with Crippen LogP contribution in [-0.4, -0.2) is 25.6 Å². The van der Waals surface area contributed by atoms with E-state index >= 15 is 0 Å². The van der Waals surface area contributed by atoms with Crippen LogP contribution in [0.15, 0.2) is 65.5 Å². The first-order chi connectivity index (χ1) is 13.7. The lowest BCUT2D eigenvalue weighted by Crippen LogP contribution is -2.08. The van der Waals surface area contributed by atoms with E-state index < -0.39 is 5.97 Å². The number of rotatable bonds is 5. The highest BCUT2D eigenvalue weighted by molar-refractivity contribution is 14.1. The number of anilines is 1. The van der Waals surface area contributed by atoms with E-state index in [9.17, 15) is 4.79 Å². The number of nitrogens with one attached hydrogen (secondary N) is 1. The van der Waals surface area contributed by atoms with E-state index in [1.807, 2.05) is 30.3 Å². The van der Waals surface area contributed by atoms with Crippen LogP contribution in [0.1, 0.15) is 15.9 Å². The SMILES string of the molecule is O=C(OI)c1ccccc1-c1cc(NCc2cccnc2)n2ncc(Br)c2n1. The van der Waals surface area contributed by atoms with Crippen molar-refractivity contribution in [2.24, 2.45) is 0 Å². The fourth-order valence-corrected chi connectivity index (χ4v) is 3.41. The summed E-state index contributed by atoms with van der Waals surface area (Å²) in [6.45, 7) is 0.571. The van der Waals surface area contributed by atoms with Gasteiger partial charge in [-0.3, -0.25) is 4.98 Å². The monoisotopic (exact) mass is 549 g/mol. The first-order valence-electron chi connectivity index (χ1n) is 8.27. The van der Waals surface area contributed by atoms with E-state index in [1.165, 1.54) is 0 Å². The highest BCUT2D eigenvalue weighted by atomic mass is 127. The third kappa shape index (κ3) is 3.72. The second-order valence-corrected chi connectivity index (χ2v) is 7.17. The molecule has 28 heavy (non-hydrogen) atoms. The molecule has 0 atom stereocenters. The zero-order valence-electron chi connectivity index (χ0n) is 14.3. The summed E-state index contributed by atoms with van der Waals surface area (Å²) in [6, 6.07) is 13.0. The molecule has 0 spiro atoms. The number of hydrogen-bond donors (Lipinski definition) is 1. The second kappa shape index (κ2) is 8.23. The Morgan fingerprint density at radius 1 is 1.21 bits per heavy atom. The van der Waals surface area contributed by atoms with Crippen molar-refractivity contribution in [3.63, 3.8) is 0 Å². The largest absolute Gasteiger partial charge is 0.391 e. The van der Waals surface area contributed by atoms with Crippen LogP contribution in [0.3, 0.4) is 0 Å². The fraction of sp³-hybridized carbons (Fsp3) is 0.0526. The summed E-state index contributed by atoms with van der Waals surface area (Å²) in [4.78, 5) is 21.0. The fourth-order valence-electron chi connectivity index (χ4n) is 2.82. The molecule has 0 aliphatic carbocycles. The summed E-state index contributed by atoms with van der Waals surface area (Å²) >= 11 is 5.08. The predicted molar refractivity (Wildman–Crippen MR) is 117 cm³/mol. The van der Waals surface area contributed by atoms with Gasteiger partial charge in [-0.05, 0) is 33.6 Å². The first kappa shape index (κ1) is 18.8. The third-order valence-corrected chi connectivity index (χ3v) is 5.08. The Kier molecular flexibility index (Phi) is 5.53. The number of pyridine rings is 1. The first-order valence-corrected chi connectivity index (χ1v) is 9.94. The minimum Gasteiger partial charge on any atom is -0.391 e. The smallest absolute Gasteiger partial charge is 0.348 e. The maximum atomic E-state index is 12.2. The van der Waals surface area contributed by atoms with E-state index in [0.717, 1.165) is 15.9 Å². The minimum atomic E-state index is -0.421. The van der Waals surface area contributed by atoms with Crippen LogP contribution in [0.4, 0.5) is 5.82 Å². The van der Waals surface area contributed by atoms with Crippen LogP contribution in [0.2, 0.25) is 0 Å². The van der Waals surface area contributed by atoms with Gasteiger partial charge in [-0.2, -0.15) is 9.61 Å². The van der Waals surface area contributed by atoms with Crippen LogP contribution < -0.4 is 5.32 Å². The van der Waals surface area contributed by atoms with Crippen LogP contribution in [-0.2, 0) is 9.61 Å². The van der Waals surface area contributed by atoms with Crippen LogP contribution >= 0.6 is 38.9 Å². The summed E-state index contributed by atoms with van der Waals surface area (Å²) in [6.07, 6.45) is 5.23. The Morgan fingerprint density at radius 2 is 2.07 bits per heavy atom. The van der Waals surface area contributed by atoms with Crippen molar-refractivity contribution in [1.29, 1.82) is 0 Å². The molecule has 9 heteroatoms. The van der Waals surface area contributed by atoms with Gasteiger partial charge in [0, 0.05) is 30.6 Å². The average Bonchev–Trinajstić information content (AvgIpc) is 3.13. The van der Waals surface area contributed by atoms with Gasteiger partial charge in [0.25, 0.3) is 0 Å². The molecule has 0 bridgehead atoms. The molecule has 0 unspecified atom stereocenters. The van der Waals surface area contributed by atoms with Crippen LogP contribution in [0, 0.1) is 0 Å². The van der Waals surface area contributed by atoms with E-state index in [1.54, 1.807) is 58.2 Å². The molecule has 7 nitrogen and oxygen atoms in total. The van der Waals surface area contributed by atoms with E-state index in [0.29, 0.717) is 29.0 Å². The normalized spacial score (nSPS) is 10.8. The molecule has 0 aliphatic rings. The van der Waals surface area contributed by atoms with E-state index in [2.05, 4.69) is 36.3 Å². The number of nitrogens with zero attached hydrogens (tertiary/aromatic N) is 4.